The van der Waals surface area contributed by atoms with Crippen LogP contribution in [0.1, 0.15) is 15.9 Å². The minimum Gasteiger partial charge on any atom is -0.326 e. The van der Waals surface area contributed by atoms with Crippen LogP contribution in [0.2, 0.25) is 5.02 Å². The molecule has 0 aromatic heterocycles. The number of benzene rings is 3. The van der Waals surface area contributed by atoms with E-state index in [-0.39, 0.29) is 18.2 Å². The Balaban J connectivity index is 1.68. The van der Waals surface area contributed by atoms with Crippen molar-refractivity contribution in [3.05, 3.63) is 95.0 Å². The number of carbonyl (C=O) groups is 2. The van der Waals surface area contributed by atoms with Gasteiger partial charge in [-0.05, 0) is 48.0 Å². The molecule has 0 aliphatic rings. The lowest BCUT2D eigenvalue weighted by molar-refractivity contribution is -0.115. The Labute approximate surface area is 163 Å². The highest BCUT2D eigenvalue weighted by atomic mass is 35.5. The molecule has 0 bridgehead atoms. The molecule has 0 atom stereocenters. The fourth-order valence-corrected chi connectivity index (χ4v) is 2.81. The molecule has 0 saturated carbocycles. The fourth-order valence-electron chi connectivity index (χ4n) is 2.69. The molecule has 0 spiro atoms. The molecule has 3 aromatic rings. The zero-order valence-electron chi connectivity index (χ0n) is 14.9. The van der Waals surface area contributed by atoms with E-state index in [0.29, 0.717) is 16.3 Å². The van der Waals surface area contributed by atoms with Gasteiger partial charge in [-0.3, -0.25) is 9.59 Å². The number of carbonyl (C=O) groups excluding carboxylic acids is 2. The van der Waals surface area contributed by atoms with E-state index in [1.54, 1.807) is 48.3 Å². The number of amides is 2. The Morgan fingerprint density at radius 2 is 1.63 bits per heavy atom. The van der Waals surface area contributed by atoms with E-state index in [1.165, 1.54) is 0 Å². The maximum atomic E-state index is 12.7. The molecule has 4 nitrogen and oxygen atoms in total. The second-order valence-corrected chi connectivity index (χ2v) is 6.57. The monoisotopic (exact) mass is 378 g/mol. The van der Waals surface area contributed by atoms with Crippen molar-refractivity contribution in [1.82, 2.24) is 0 Å². The van der Waals surface area contributed by atoms with Gasteiger partial charge in [-0.15, -0.1) is 0 Å². The molecular weight excluding hydrogens is 360 g/mol. The molecule has 0 aliphatic heterocycles. The summed E-state index contributed by atoms with van der Waals surface area (Å²) in [5.41, 5.74) is 2.76. The van der Waals surface area contributed by atoms with Crippen molar-refractivity contribution in [2.45, 2.75) is 6.42 Å². The zero-order valence-corrected chi connectivity index (χ0v) is 15.6. The molecule has 2 amide bonds. The molecule has 0 saturated heterocycles. The van der Waals surface area contributed by atoms with Crippen LogP contribution < -0.4 is 10.2 Å². The van der Waals surface area contributed by atoms with Crippen LogP contribution in [0.5, 0.6) is 0 Å². The van der Waals surface area contributed by atoms with Gasteiger partial charge < -0.3 is 10.2 Å². The first-order valence-corrected chi connectivity index (χ1v) is 8.88. The van der Waals surface area contributed by atoms with Crippen molar-refractivity contribution >= 4 is 34.8 Å². The van der Waals surface area contributed by atoms with Gasteiger partial charge in [-0.1, -0.05) is 48.0 Å². The summed E-state index contributed by atoms with van der Waals surface area (Å²) in [5.74, 6) is -0.298. The van der Waals surface area contributed by atoms with E-state index in [1.807, 2.05) is 42.5 Å². The second kappa shape index (κ2) is 8.52. The van der Waals surface area contributed by atoms with Crippen LogP contribution in [-0.2, 0) is 11.2 Å². The van der Waals surface area contributed by atoms with E-state index in [9.17, 15) is 9.59 Å². The summed E-state index contributed by atoms with van der Waals surface area (Å²) in [5, 5.41) is 3.47. The summed E-state index contributed by atoms with van der Waals surface area (Å²) in [7, 11) is 1.73. The largest absolute Gasteiger partial charge is 0.326 e. The number of hydrogen-bond donors (Lipinski definition) is 1. The Kier molecular flexibility index (Phi) is 5.89. The molecule has 0 heterocycles. The third-order valence-corrected chi connectivity index (χ3v) is 4.37. The number of rotatable bonds is 5. The summed E-state index contributed by atoms with van der Waals surface area (Å²) in [6.07, 6.45) is 0.235. The lowest BCUT2D eigenvalue weighted by Gasteiger charge is -2.17. The van der Waals surface area contributed by atoms with Gasteiger partial charge in [0.1, 0.15) is 0 Å². The average Bonchev–Trinajstić information content (AvgIpc) is 2.69. The summed E-state index contributed by atoms with van der Waals surface area (Å²) in [6.45, 7) is 0. The van der Waals surface area contributed by atoms with Gasteiger partial charge in [0.15, 0.2) is 0 Å². The first-order valence-electron chi connectivity index (χ1n) is 8.50. The second-order valence-electron chi connectivity index (χ2n) is 6.13. The van der Waals surface area contributed by atoms with E-state index in [2.05, 4.69) is 5.32 Å². The quantitative estimate of drug-likeness (QED) is 0.693. The lowest BCUT2D eigenvalue weighted by Crippen LogP contribution is -2.26. The van der Waals surface area contributed by atoms with Gasteiger partial charge in [0.2, 0.25) is 5.91 Å². The van der Waals surface area contributed by atoms with Crippen molar-refractivity contribution < 1.29 is 9.59 Å². The van der Waals surface area contributed by atoms with Gasteiger partial charge >= 0.3 is 0 Å². The van der Waals surface area contributed by atoms with Gasteiger partial charge in [-0.25, -0.2) is 0 Å². The minimum atomic E-state index is -0.154. The minimum absolute atomic E-state index is 0.144. The van der Waals surface area contributed by atoms with E-state index < -0.39 is 0 Å². The first kappa shape index (κ1) is 18.7. The maximum Gasteiger partial charge on any atom is 0.258 e. The van der Waals surface area contributed by atoms with Gasteiger partial charge in [0.25, 0.3) is 5.91 Å². The average molecular weight is 379 g/mol. The molecular formula is C22H19ClN2O2. The molecule has 3 rings (SSSR count). The number of halogens is 1. The van der Waals surface area contributed by atoms with Crippen LogP contribution in [0.3, 0.4) is 0 Å². The van der Waals surface area contributed by atoms with Gasteiger partial charge in [0.05, 0.1) is 6.42 Å². The lowest BCUT2D eigenvalue weighted by atomic mass is 10.1. The van der Waals surface area contributed by atoms with Crippen LogP contribution in [0.25, 0.3) is 0 Å². The van der Waals surface area contributed by atoms with Crippen LogP contribution in [0.15, 0.2) is 78.9 Å². The summed E-state index contributed by atoms with van der Waals surface area (Å²) >= 11 is 5.86. The normalized spacial score (nSPS) is 10.3. The van der Waals surface area contributed by atoms with Crippen molar-refractivity contribution in [2.24, 2.45) is 0 Å². The van der Waals surface area contributed by atoms with Crippen molar-refractivity contribution in [2.75, 3.05) is 17.3 Å². The third-order valence-electron chi connectivity index (χ3n) is 4.12. The molecule has 0 aliphatic carbocycles. The summed E-state index contributed by atoms with van der Waals surface area (Å²) in [4.78, 5) is 26.5. The van der Waals surface area contributed by atoms with Crippen LogP contribution in [-0.4, -0.2) is 18.9 Å². The fraction of sp³-hybridized carbons (Fsp3) is 0.0909. The number of nitrogens with one attached hydrogen (secondary N) is 1. The van der Waals surface area contributed by atoms with E-state index >= 15 is 0 Å². The predicted molar refractivity (Wildman–Crippen MR) is 109 cm³/mol. The Bertz CT molecular complexity index is 940. The molecule has 0 radical (unpaired) electrons. The van der Waals surface area contributed by atoms with Gasteiger partial charge in [-0.2, -0.15) is 0 Å². The highest BCUT2D eigenvalue weighted by molar-refractivity contribution is 6.30. The van der Waals surface area contributed by atoms with Gasteiger partial charge in [0, 0.05) is 29.0 Å². The number of para-hydroxylation sites is 1. The first-order chi connectivity index (χ1) is 13.0. The number of nitrogens with zero attached hydrogens (tertiary/aromatic N) is 1. The van der Waals surface area contributed by atoms with Crippen LogP contribution >= 0.6 is 11.6 Å². The van der Waals surface area contributed by atoms with Crippen LogP contribution in [0, 0.1) is 0 Å². The molecule has 1 N–H and O–H groups in total. The SMILES string of the molecule is CN(C(=O)c1cccc(NC(=O)Cc2ccc(Cl)cc2)c1)c1ccccc1. The molecule has 0 fully saturated rings. The predicted octanol–water partition coefficient (Wildman–Crippen LogP) is 4.80. The Hall–Kier alpha value is -3.11. The van der Waals surface area contributed by atoms with Crippen molar-refractivity contribution in [3.63, 3.8) is 0 Å². The molecule has 5 heteroatoms. The third kappa shape index (κ3) is 4.96. The highest BCUT2D eigenvalue weighted by Gasteiger charge is 2.14. The molecule has 0 unspecified atom stereocenters. The molecule has 3 aromatic carbocycles. The zero-order chi connectivity index (χ0) is 19.2. The van der Waals surface area contributed by atoms with E-state index in [0.717, 1.165) is 11.3 Å². The standard InChI is InChI=1S/C22H19ClN2O2/c1-25(20-8-3-2-4-9-20)22(27)17-6-5-7-19(15-17)24-21(26)14-16-10-12-18(23)13-11-16/h2-13,15H,14H2,1H3,(H,24,26). The van der Waals surface area contributed by atoms with Crippen molar-refractivity contribution in [1.29, 1.82) is 0 Å². The highest BCUT2D eigenvalue weighted by Crippen LogP contribution is 2.18. The topological polar surface area (TPSA) is 49.4 Å². The molecule has 27 heavy (non-hydrogen) atoms. The van der Waals surface area contributed by atoms with E-state index in [4.69, 9.17) is 11.6 Å². The smallest absolute Gasteiger partial charge is 0.258 e. The number of anilines is 2. The van der Waals surface area contributed by atoms with Crippen LogP contribution in [0.4, 0.5) is 11.4 Å². The maximum absolute atomic E-state index is 12.7. The Morgan fingerprint density at radius 1 is 0.926 bits per heavy atom. The van der Waals surface area contributed by atoms with Crippen molar-refractivity contribution in [3.8, 4) is 0 Å². The Morgan fingerprint density at radius 3 is 2.33 bits per heavy atom. The molecule has 136 valence electrons. The number of hydrogen-bond acceptors (Lipinski definition) is 2. The summed E-state index contributed by atoms with van der Waals surface area (Å²) in [6, 6.07) is 23.5. The summed E-state index contributed by atoms with van der Waals surface area (Å²) < 4.78 is 0.